The summed E-state index contributed by atoms with van der Waals surface area (Å²) < 4.78 is 5.92. The van der Waals surface area contributed by atoms with E-state index in [1.807, 2.05) is 54.6 Å². The van der Waals surface area contributed by atoms with E-state index in [1.54, 1.807) is 11.8 Å². The van der Waals surface area contributed by atoms with Crippen LogP contribution in [0.3, 0.4) is 0 Å². The van der Waals surface area contributed by atoms with Gasteiger partial charge in [0.2, 0.25) is 0 Å². The Balaban J connectivity index is 1.82. The lowest BCUT2D eigenvalue weighted by Gasteiger charge is -2.17. The van der Waals surface area contributed by atoms with E-state index in [4.69, 9.17) is 4.74 Å². The molecule has 2 aromatic carbocycles. The van der Waals surface area contributed by atoms with Gasteiger partial charge >= 0.3 is 0 Å². The summed E-state index contributed by atoms with van der Waals surface area (Å²) in [5, 5.41) is 0. The van der Waals surface area contributed by atoms with Crippen molar-refractivity contribution in [2.24, 2.45) is 0 Å². The quantitative estimate of drug-likeness (QED) is 0.794. The van der Waals surface area contributed by atoms with E-state index in [2.05, 4.69) is 0 Å². The number of rotatable bonds is 4. The molecule has 0 atom stereocenters. The first-order valence-corrected chi connectivity index (χ1v) is 7.43. The third kappa shape index (κ3) is 2.78. The van der Waals surface area contributed by atoms with Crippen molar-refractivity contribution >= 4 is 24.1 Å². The Morgan fingerprint density at radius 3 is 2.75 bits per heavy atom. The van der Waals surface area contributed by atoms with Gasteiger partial charge < -0.3 is 4.74 Å². The standard InChI is InChI=1S/C17H14O2S/c18-10-14-9-15-7-4-8-16(17(15)20-12-14)19-11-13-5-2-1-3-6-13/h1-10H,11-12H2. The average molecular weight is 282 g/mol. The second-order valence-corrected chi connectivity index (χ2v) is 5.56. The predicted octanol–water partition coefficient (Wildman–Crippen LogP) is 3.95. The maximum Gasteiger partial charge on any atom is 0.146 e. The second kappa shape index (κ2) is 5.97. The molecule has 0 radical (unpaired) electrons. The number of aldehydes is 1. The lowest BCUT2D eigenvalue weighted by atomic mass is 10.1. The molecule has 100 valence electrons. The summed E-state index contributed by atoms with van der Waals surface area (Å²) in [5.74, 6) is 1.60. The molecule has 0 fully saturated rings. The van der Waals surface area contributed by atoms with Crippen molar-refractivity contribution in [1.82, 2.24) is 0 Å². The molecule has 2 aromatic rings. The molecule has 1 aliphatic rings. The Bertz CT molecular complexity index is 647. The number of benzene rings is 2. The van der Waals surface area contributed by atoms with E-state index < -0.39 is 0 Å². The zero-order chi connectivity index (χ0) is 13.8. The maximum absolute atomic E-state index is 10.9. The maximum atomic E-state index is 10.9. The summed E-state index contributed by atoms with van der Waals surface area (Å²) in [7, 11) is 0. The molecule has 20 heavy (non-hydrogen) atoms. The zero-order valence-corrected chi connectivity index (χ0v) is 11.7. The normalized spacial score (nSPS) is 13.3. The van der Waals surface area contributed by atoms with Crippen LogP contribution >= 0.6 is 11.8 Å². The topological polar surface area (TPSA) is 26.3 Å². The molecule has 0 N–H and O–H groups in total. The second-order valence-electron chi connectivity index (χ2n) is 4.57. The summed E-state index contributed by atoms with van der Waals surface area (Å²) in [6.45, 7) is 0.558. The summed E-state index contributed by atoms with van der Waals surface area (Å²) in [6.07, 6.45) is 2.86. The SMILES string of the molecule is O=CC1=Cc2cccc(OCc3ccccc3)c2SC1. The van der Waals surface area contributed by atoms with E-state index in [0.717, 1.165) is 33.6 Å². The molecule has 2 nitrogen and oxygen atoms in total. The summed E-state index contributed by atoms with van der Waals surface area (Å²) in [6, 6.07) is 16.1. The largest absolute Gasteiger partial charge is 0.488 e. The fourth-order valence-electron chi connectivity index (χ4n) is 2.11. The minimum Gasteiger partial charge on any atom is -0.488 e. The van der Waals surface area contributed by atoms with Crippen LogP contribution in [0.4, 0.5) is 0 Å². The fourth-order valence-corrected chi connectivity index (χ4v) is 3.14. The molecule has 0 unspecified atom stereocenters. The van der Waals surface area contributed by atoms with Gasteiger partial charge in [0, 0.05) is 11.3 Å². The van der Waals surface area contributed by atoms with E-state index in [0.29, 0.717) is 12.4 Å². The van der Waals surface area contributed by atoms with E-state index in [9.17, 15) is 4.79 Å². The van der Waals surface area contributed by atoms with Crippen LogP contribution in [0.1, 0.15) is 11.1 Å². The monoisotopic (exact) mass is 282 g/mol. The molecule has 0 amide bonds. The molecule has 1 heterocycles. The van der Waals surface area contributed by atoms with Gasteiger partial charge in [0.15, 0.2) is 0 Å². The van der Waals surface area contributed by atoms with Crippen molar-refractivity contribution < 1.29 is 9.53 Å². The smallest absolute Gasteiger partial charge is 0.146 e. The van der Waals surface area contributed by atoms with Crippen LogP contribution < -0.4 is 4.74 Å². The Morgan fingerprint density at radius 2 is 1.95 bits per heavy atom. The van der Waals surface area contributed by atoms with E-state index >= 15 is 0 Å². The van der Waals surface area contributed by atoms with E-state index in [-0.39, 0.29) is 0 Å². The number of hydrogen-bond acceptors (Lipinski definition) is 3. The van der Waals surface area contributed by atoms with Crippen molar-refractivity contribution in [3.8, 4) is 5.75 Å². The highest BCUT2D eigenvalue weighted by Crippen LogP contribution is 2.38. The zero-order valence-electron chi connectivity index (χ0n) is 10.9. The molecule has 3 heteroatoms. The highest BCUT2D eigenvalue weighted by molar-refractivity contribution is 7.99. The minimum atomic E-state index is 0.558. The predicted molar refractivity (Wildman–Crippen MR) is 82.0 cm³/mol. The van der Waals surface area contributed by atoms with Gasteiger partial charge in [-0.3, -0.25) is 4.79 Å². The molecule has 0 aromatic heterocycles. The van der Waals surface area contributed by atoms with Gasteiger partial charge in [-0.15, -0.1) is 11.8 Å². The molecular formula is C17H14O2S. The third-order valence-electron chi connectivity index (χ3n) is 3.12. The number of carbonyl (C=O) groups excluding carboxylic acids is 1. The number of ether oxygens (including phenoxy) is 1. The van der Waals surface area contributed by atoms with Gasteiger partial charge in [0.25, 0.3) is 0 Å². The van der Waals surface area contributed by atoms with Crippen molar-refractivity contribution in [2.75, 3.05) is 5.75 Å². The van der Waals surface area contributed by atoms with Crippen LogP contribution in [0, 0.1) is 0 Å². The number of fused-ring (bicyclic) bond motifs is 1. The summed E-state index contributed by atoms with van der Waals surface area (Å²) >= 11 is 1.66. The van der Waals surface area contributed by atoms with Gasteiger partial charge in [-0.1, -0.05) is 42.5 Å². The lowest BCUT2D eigenvalue weighted by Crippen LogP contribution is -2.01. The van der Waals surface area contributed by atoms with Crippen molar-refractivity contribution in [3.05, 3.63) is 65.2 Å². The fraction of sp³-hybridized carbons (Fsp3) is 0.118. The van der Waals surface area contributed by atoms with Crippen molar-refractivity contribution in [2.45, 2.75) is 11.5 Å². The van der Waals surface area contributed by atoms with Crippen molar-refractivity contribution in [3.63, 3.8) is 0 Å². The Morgan fingerprint density at radius 1 is 1.10 bits per heavy atom. The highest BCUT2D eigenvalue weighted by Gasteiger charge is 2.15. The van der Waals surface area contributed by atoms with Crippen LogP contribution in [-0.2, 0) is 11.4 Å². The molecule has 1 aliphatic heterocycles. The first-order valence-electron chi connectivity index (χ1n) is 6.45. The molecule has 3 rings (SSSR count). The number of carbonyl (C=O) groups is 1. The van der Waals surface area contributed by atoms with Gasteiger partial charge in [-0.05, 0) is 23.3 Å². The average Bonchev–Trinajstić information content (AvgIpc) is 2.53. The lowest BCUT2D eigenvalue weighted by molar-refractivity contribution is -0.104. The molecule has 0 saturated heterocycles. The van der Waals surface area contributed by atoms with Crippen LogP contribution in [0.2, 0.25) is 0 Å². The van der Waals surface area contributed by atoms with Crippen LogP contribution in [-0.4, -0.2) is 12.0 Å². The number of thioether (sulfide) groups is 1. The minimum absolute atomic E-state index is 0.558. The molecule has 0 aliphatic carbocycles. The molecule has 0 bridgehead atoms. The molecular weight excluding hydrogens is 268 g/mol. The highest BCUT2D eigenvalue weighted by atomic mass is 32.2. The first-order chi connectivity index (χ1) is 9.86. The Kier molecular flexibility index (Phi) is 3.88. The number of hydrogen-bond donors (Lipinski definition) is 0. The Labute approximate surface area is 122 Å². The first kappa shape index (κ1) is 13.0. The molecule has 0 spiro atoms. The van der Waals surface area contributed by atoms with Gasteiger partial charge in [0.05, 0.1) is 4.90 Å². The van der Waals surface area contributed by atoms with Crippen LogP contribution in [0.25, 0.3) is 6.08 Å². The van der Waals surface area contributed by atoms with Crippen LogP contribution in [0.15, 0.2) is 59.0 Å². The Hall–Kier alpha value is -2.00. The third-order valence-corrected chi connectivity index (χ3v) is 4.33. The van der Waals surface area contributed by atoms with Crippen LogP contribution in [0.5, 0.6) is 5.75 Å². The summed E-state index contributed by atoms with van der Waals surface area (Å²) in [4.78, 5) is 12.0. The molecule has 0 saturated carbocycles. The van der Waals surface area contributed by atoms with Gasteiger partial charge in [0.1, 0.15) is 18.6 Å². The van der Waals surface area contributed by atoms with E-state index in [1.165, 1.54) is 0 Å². The van der Waals surface area contributed by atoms with Gasteiger partial charge in [-0.2, -0.15) is 0 Å². The summed E-state index contributed by atoms with van der Waals surface area (Å²) in [5.41, 5.74) is 3.03. The van der Waals surface area contributed by atoms with Gasteiger partial charge in [-0.25, -0.2) is 0 Å². The van der Waals surface area contributed by atoms with Crippen molar-refractivity contribution in [1.29, 1.82) is 0 Å².